The highest BCUT2D eigenvalue weighted by Gasteiger charge is 2.33. The molecule has 3 heterocycles. The van der Waals surface area contributed by atoms with Gasteiger partial charge in [-0.1, -0.05) is 30.3 Å². The molecule has 0 spiro atoms. The lowest BCUT2D eigenvalue weighted by Crippen LogP contribution is -2.45. The van der Waals surface area contributed by atoms with Crippen LogP contribution in [0.25, 0.3) is 0 Å². The number of hydrogen-bond acceptors (Lipinski definition) is 4. The molecule has 1 aliphatic heterocycles. The van der Waals surface area contributed by atoms with Crippen LogP contribution in [0.5, 0.6) is 0 Å². The van der Waals surface area contributed by atoms with Gasteiger partial charge in [0.2, 0.25) is 5.91 Å². The van der Waals surface area contributed by atoms with Gasteiger partial charge in [-0.15, -0.1) is 22.7 Å². The van der Waals surface area contributed by atoms with Crippen LogP contribution >= 0.6 is 38.6 Å². The summed E-state index contributed by atoms with van der Waals surface area (Å²) < 4.78 is 0.903. The molecule has 4 nitrogen and oxygen atoms in total. The Morgan fingerprint density at radius 1 is 1.18 bits per heavy atom. The van der Waals surface area contributed by atoms with Crippen molar-refractivity contribution in [3.05, 3.63) is 78.6 Å². The molecule has 0 saturated heterocycles. The quantitative estimate of drug-likeness (QED) is 0.543. The van der Waals surface area contributed by atoms with E-state index in [1.165, 1.54) is 26.7 Å². The number of likely N-dealkylation sites (N-methyl/N-ethyl adjacent to an activating group) is 1. The number of hydrogen-bond donors (Lipinski definition) is 0. The van der Waals surface area contributed by atoms with Crippen molar-refractivity contribution in [3.63, 3.8) is 0 Å². The summed E-state index contributed by atoms with van der Waals surface area (Å²) in [5.41, 5.74) is 2.30. The number of carbonyl (C=O) groups excluding carboxylic acids is 2. The van der Waals surface area contributed by atoms with E-state index in [2.05, 4.69) is 39.5 Å². The van der Waals surface area contributed by atoms with Crippen molar-refractivity contribution < 1.29 is 9.59 Å². The maximum atomic E-state index is 13.2. The van der Waals surface area contributed by atoms with Crippen molar-refractivity contribution in [2.45, 2.75) is 12.5 Å². The normalized spacial score (nSPS) is 15.9. The molecule has 0 fully saturated rings. The fourth-order valence-corrected chi connectivity index (χ4v) is 5.85. The molecular formula is C21H19BrN2O2S2. The lowest BCUT2D eigenvalue weighted by Gasteiger charge is -2.37. The van der Waals surface area contributed by atoms with Crippen LogP contribution in [0.1, 0.15) is 31.7 Å². The van der Waals surface area contributed by atoms with Crippen LogP contribution in [0.3, 0.4) is 0 Å². The number of rotatable bonds is 4. The van der Waals surface area contributed by atoms with Crippen LogP contribution in [0.15, 0.2) is 57.7 Å². The molecule has 0 bridgehead atoms. The lowest BCUT2D eigenvalue weighted by molar-refractivity contribution is -0.133. The van der Waals surface area contributed by atoms with Gasteiger partial charge in [0.1, 0.15) is 0 Å². The molecule has 7 heteroatoms. The summed E-state index contributed by atoms with van der Waals surface area (Å²) >= 11 is 6.51. The van der Waals surface area contributed by atoms with E-state index in [-0.39, 0.29) is 24.4 Å². The third-order valence-electron chi connectivity index (χ3n) is 4.90. The molecule has 4 rings (SSSR count). The Labute approximate surface area is 180 Å². The third-order valence-corrected chi connectivity index (χ3v) is 7.51. The van der Waals surface area contributed by atoms with Gasteiger partial charge in [0, 0.05) is 18.5 Å². The molecule has 1 atom stereocenters. The van der Waals surface area contributed by atoms with Gasteiger partial charge < -0.3 is 9.80 Å². The minimum absolute atomic E-state index is 0.0304. The zero-order chi connectivity index (χ0) is 19.7. The van der Waals surface area contributed by atoms with Crippen molar-refractivity contribution in [2.75, 3.05) is 20.1 Å². The SMILES string of the molecule is CN(CC(=O)N1CCc2sccc2C1c1ccccc1)C(=O)c1ccc(Br)s1. The number of thiophene rings is 2. The Morgan fingerprint density at radius 2 is 1.96 bits per heavy atom. The first kappa shape index (κ1) is 19.4. The molecule has 0 saturated carbocycles. The predicted octanol–water partition coefficient (Wildman–Crippen LogP) is 4.82. The molecule has 1 unspecified atom stereocenters. The summed E-state index contributed by atoms with van der Waals surface area (Å²) in [4.78, 5) is 31.2. The Hall–Kier alpha value is -1.96. The third kappa shape index (κ3) is 3.79. The fourth-order valence-electron chi connectivity index (χ4n) is 3.56. The van der Waals surface area contributed by atoms with Gasteiger partial charge in [-0.3, -0.25) is 9.59 Å². The summed E-state index contributed by atoms with van der Waals surface area (Å²) in [6.07, 6.45) is 0.859. The van der Waals surface area contributed by atoms with Crippen molar-refractivity contribution in [1.82, 2.24) is 9.80 Å². The highest BCUT2D eigenvalue weighted by atomic mass is 79.9. The van der Waals surface area contributed by atoms with E-state index in [9.17, 15) is 9.59 Å². The highest BCUT2D eigenvalue weighted by Crippen LogP contribution is 2.37. The van der Waals surface area contributed by atoms with E-state index in [1.807, 2.05) is 29.2 Å². The molecule has 0 aliphatic carbocycles. The standard InChI is InChI=1S/C21H19BrN2O2S2/c1-23(21(26)17-7-8-18(22)28-17)13-19(25)24-11-9-16-15(10-12-27-16)20(24)14-5-3-2-4-6-14/h2-8,10,12,20H,9,11,13H2,1H3. The average Bonchev–Trinajstić information content (AvgIpc) is 3.35. The summed E-state index contributed by atoms with van der Waals surface area (Å²) in [5.74, 6) is -0.161. The van der Waals surface area contributed by atoms with Crippen LogP contribution in [0.2, 0.25) is 0 Å². The fraction of sp³-hybridized carbons (Fsp3) is 0.238. The first-order chi connectivity index (χ1) is 13.5. The van der Waals surface area contributed by atoms with Crippen molar-refractivity contribution in [3.8, 4) is 0 Å². The average molecular weight is 475 g/mol. The molecular weight excluding hydrogens is 456 g/mol. The predicted molar refractivity (Wildman–Crippen MR) is 117 cm³/mol. The minimum atomic E-state index is -0.131. The van der Waals surface area contributed by atoms with Crippen LogP contribution < -0.4 is 0 Å². The van der Waals surface area contributed by atoms with E-state index >= 15 is 0 Å². The minimum Gasteiger partial charge on any atom is -0.332 e. The van der Waals surface area contributed by atoms with Crippen LogP contribution in [-0.4, -0.2) is 41.8 Å². The zero-order valence-electron chi connectivity index (χ0n) is 15.3. The smallest absolute Gasteiger partial charge is 0.264 e. The first-order valence-corrected chi connectivity index (χ1v) is 11.4. The summed E-state index contributed by atoms with van der Waals surface area (Å²) in [6.45, 7) is 0.732. The second-order valence-corrected chi connectivity index (χ2v) is 10.2. The van der Waals surface area contributed by atoms with Gasteiger partial charge in [0.15, 0.2) is 0 Å². The van der Waals surface area contributed by atoms with Crippen LogP contribution in [0.4, 0.5) is 0 Å². The van der Waals surface area contributed by atoms with Crippen molar-refractivity contribution >= 4 is 50.4 Å². The molecule has 2 amide bonds. The van der Waals surface area contributed by atoms with Crippen LogP contribution in [-0.2, 0) is 11.2 Å². The molecule has 28 heavy (non-hydrogen) atoms. The second kappa shape index (κ2) is 8.19. The summed E-state index contributed by atoms with van der Waals surface area (Å²) in [7, 11) is 1.69. The van der Waals surface area contributed by atoms with Gasteiger partial charge in [-0.2, -0.15) is 0 Å². The molecule has 1 aliphatic rings. The maximum Gasteiger partial charge on any atom is 0.264 e. The Morgan fingerprint density at radius 3 is 2.68 bits per heavy atom. The van der Waals surface area contributed by atoms with Crippen molar-refractivity contribution in [2.24, 2.45) is 0 Å². The topological polar surface area (TPSA) is 40.6 Å². The largest absolute Gasteiger partial charge is 0.332 e. The number of fused-ring (bicyclic) bond motifs is 1. The van der Waals surface area contributed by atoms with Gasteiger partial charge in [0.25, 0.3) is 5.91 Å². The van der Waals surface area contributed by atoms with Gasteiger partial charge in [-0.25, -0.2) is 0 Å². The monoisotopic (exact) mass is 474 g/mol. The Bertz CT molecular complexity index is 999. The van der Waals surface area contributed by atoms with E-state index in [0.29, 0.717) is 11.4 Å². The second-order valence-electron chi connectivity index (χ2n) is 6.71. The lowest BCUT2D eigenvalue weighted by atomic mass is 9.93. The number of nitrogens with zero attached hydrogens (tertiary/aromatic N) is 2. The van der Waals surface area contributed by atoms with Gasteiger partial charge in [-0.05, 0) is 57.1 Å². The molecule has 0 N–H and O–H groups in total. The molecule has 0 radical (unpaired) electrons. The summed E-state index contributed by atoms with van der Waals surface area (Å²) in [5, 5.41) is 2.10. The number of benzene rings is 1. The number of carbonyl (C=O) groups is 2. The van der Waals surface area contributed by atoms with Crippen LogP contribution in [0, 0.1) is 0 Å². The number of amides is 2. The Balaban J connectivity index is 1.56. The van der Waals surface area contributed by atoms with Crippen molar-refractivity contribution in [1.29, 1.82) is 0 Å². The zero-order valence-corrected chi connectivity index (χ0v) is 18.5. The Kier molecular flexibility index (Phi) is 5.66. The molecule has 3 aromatic rings. The van der Waals surface area contributed by atoms with E-state index in [4.69, 9.17) is 0 Å². The molecule has 1 aromatic carbocycles. The first-order valence-electron chi connectivity index (χ1n) is 8.96. The highest BCUT2D eigenvalue weighted by molar-refractivity contribution is 9.11. The van der Waals surface area contributed by atoms with Gasteiger partial charge >= 0.3 is 0 Å². The van der Waals surface area contributed by atoms with E-state index < -0.39 is 0 Å². The van der Waals surface area contributed by atoms with E-state index in [1.54, 1.807) is 24.5 Å². The number of halogens is 1. The molecule has 144 valence electrons. The maximum absolute atomic E-state index is 13.2. The molecule has 2 aromatic heterocycles. The summed E-state index contributed by atoms with van der Waals surface area (Å²) in [6, 6.07) is 15.8. The van der Waals surface area contributed by atoms with Gasteiger partial charge in [0.05, 0.1) is 21.3 Å². The van der Waals surface area contributed by atoms with E-state index in [0.717, 1.165) is 15.8 Å².